The lowest BCUT2D eigenvalue weighted by atomic mass is 10.2. The van der Waals surface area contributed by atoms with Crippen LogP contribution in [0.2, 0.25) is 0 Å². The second-order valence-corrected chi connectivity index (χ2v) is 2.22. The van der Waals surface area contributed by atoms with Gasteiger partial charge in [0, 0.05) is 0 Å². The minimum Gasteiger partial charge on any atom is -0.390 e. The van der Waals surface area contributed by atoms with Gasteiger partial charge in [0.15, 0.2) is 0 Å². The van der Waals surface area contributed by atoms with E-state index >= 15 is 0 Å². The van der Waals surface area contributed by atoms with Gasteiger partial charge in [-0.1, -0.05) is 12.2 Å². The predicted molar refractivity (Wildman–Crippen MR) is 35.2 cm³/mol. The molecular formula is C7H12O2. The highest BCUT2D eigenvalue weighted by Crippen LogP contribution is 2.00. The van der Waals surface area contributed by atoms with Crippen LogP contribution in [0.15, 0.2) is 12.2 Å². The molecule has 9 heavy (non-hydrogen) atoms. The Balaban J connectivity index is 2.28. The molecule has 0 saturated carbocycles. The monoisotopic (exact) mass is 128 g/mol. The van der Waals surface area contributed by atoms with Gasteiger partial charge in [-0.15, -0.1) is 0 Å². The Morgan fingerprint density at radius 2 is 2.33 bits per heavy atom. The van der Waals surface area contributed by atoms with Crippen molar-refractivity contribution in [2.45, 2.75) is 18.9 Å². The van der Waals surface area contributed by atoms with E-state index in [1.54, 1.807) is 0 Å². The number of hydrogen-bond acceptors (Lipinski definition) is 2. The third kappa shape index (κ3) is 2.63. The fraction of sp³-hybridized carbons (Fsp3) is 0.714. The number of hydrogen-bond donors (Lipinski definition) is 1. The molecule has 0 radical (unpaired) electrons. The third-order valence-corrected chi connectivity index (χ3v) is 1.31. The Hall–Kier alpha value is -0.340. The first-order chi connectivity index (χ1) is 4.39. The molecular weight excluding hydrogens is 116 g/mol. The quantitative estimate of drug-likeness (QED) is 0.487. The van der Waals surface area contributed by atoms with E-state index in [2.05, 4.69) is 0 Å². The summed E-state index contributed by atoms with van der Waals surface area (Å²) in [5, 5.41) is 9.04. The largest absolute Gasteiger partial charge is 0.390 e. The summed E-state index contributed by atoms with van der Waals surface area (Å²) < 4.78 is 5.09. The highest BCUT2D eigenvalue weighted by molar-refractivity contribution is 4.85. The molecule has 0 aliphatic carbocycles. The second kappa shape index (κ2) is 3.64. The van der Waals surface area contributed by atoms with Gasteiger partial charge in [-0.25, -0.2) is 0 Å². The van der Waals surface area contributed by atoms with Crippen LogP contribution in [0.3, 0.4) is 0 Å². The first-order valence-corrected chi connectivity index (χ1v) is 3.30. The van der Waals surface area contributed by atoms with Crippen LogP contribution in [0.25, 0.3) is 0 Å². The van der Waals surface area contributed by atoms with E-state index in [9.17, 15) is 0 Å². The normalized spacial score (nSPS) is 32.8. The molecule has 1 N–H and O–H groups in total. The summed E-state index contributed by atoms with van der Waals surface area (Å²) in [5.41, 5.74) is 0. The molecule has 1 heterocycles. The molecule has 1 rings (SSSR count). The van der Waals surface area contributed by atoms with Gasteiger partial charge >= 0.3 is 0 Å². The fourth-order valence-electron chi connectivity index (χ4n) is 0.810. The van der Waals surface area contributed by atoms with Crippen LogP contribution in [-0.2, 0) is 4.74 Å². The van der Waals surface area contributed by atoms with E-state index in [-0.39, 0.29) is 6.10 Å². The third-order valence-electron chi connectivity index (χ3n) is 1.31. The molecule has 1 atom stereocenters. The molecule has 2 nitrogen and oxygen atoms in total. The summed E-state index contributed by atoms with van der Waals surface area (Å²) in [6.07, 6.45) is 5.48. The highest BCUT2D eigenvalue weighted by Gasteiger charge is 2.02. The van der Waals surface area contributed by atoms with Crippen molar-refractivity contribution in [2.75, 3.05) is 13.2 Å². The minimum absolute atomic E-state index is 0.290. The van der Waals surface area contributed by atoms with E-state index in [0.717, 1.165) is 19.4 Å². The molecule has 0 aromatic rings. The molecule has 2 heteroatoms. The smallest absolute Gasteiger partial charge is 0.0807 e. The van der Waals surface area contributed by atoms with Crippen LogP contribution >= 0.6 is 0 Å². The van der Waals surface area contributed by atoms with Gasteiger partial charge < -0.3 is 9.84 Å². The Kier molecular flexibility index (Phi) is 2.74. The summed E-state index contributed by atoms with van der Waals surface area (Å²) in [6.45, 7) is 1.23. The maximum atomic E-state index is 9.04. The van der Waals surface area contributed by atoms with Crippen molar-refractivity contribution in [3.8, 4) is 0 Å². The molecule has 0 spiro atoms. The Morgan fingerprint density at radius 1 is 1.44 bits per heavy atom. The number of aliphatic hydroxyl groups excluding tert-OH is 1. The minimum atomic E-state index is -0.290. The van der Waals surface area contributed by atoms with Crippen molar-refractivity contribution < 1.29 is 9.84 Å². The van der Waals surface area contributed by atoms with Gasteiger partial charge in [-0.05, 0) is 12.8 Å². The van der Waals surface area contributed by atoms with Crippen molar-refractivity contribution in [1.82, 2.24) is 0 Å². The van der Waals surface area contributed by atoms with Gasteiger partial charge in [0.05, 0.1) is 19.3 Å². The Labute approximate surface area is 55.1 Å². The number of rotatable bonds is 0. The lowest BCUT2D eigenvalue weighted by molar-refractivity contribution is 0.0377. The molecule has 0 bridgehead atoms. The topological polar surface area (TPSA) is 29.5 Å². The maximum Gasteiger partial charge on any atom is 0.0807 e. The van der Waals surface area contributed by atoms with Crippen LogP contribution in [0.4, 0.5) is 0 Å². The van der Waals surface area contributed by atoms with E-state index in [4.69, 9.17) is 9.84 Å². The Bertz CT molecular complexity index is 99.1. The predicted octanol–water partition coefficient (Wildman–Crippen LogP) is 0.714. The zero-order valence-electron chi connectivity index (χ0n) is 5.42. The molecule has 0 saturated heterocycles. The fourth-order valence-corrected chi connectivity index (χ4v) is 0.810. The first kappa shape index (κ1) is 6.78. The molecule has 0 fully saturated rings. The van der Waals surface area contributed by atoms with Crippen molar-refractivity contribution >= 4 is 0 Å². The zero-order chi connectivity index (χ0) is 6.53. The maximum absolute atomic E-state index is 9.04. The average molecular weight is 128 g/mol. The van der Waals surface area contributed by atoms with Crippen molar-refractivity contribution in [2.24, 2.45) is 0 Å². The molecule has 52 valence electrons. The van der Waals surface area contributed by atoms with Gasteiger partial charge in [0.25, 0.3) is 0 Å². The van der Waals surface area contributed by atoms with Crippen molar-refractivity contribution in [3.05, 3.63) is 12.2 Å². The van der Waals surface area contributed by atoms with E-state index in [1.165, 1.54) is 0 Å². The summed E-state index contributed by atoms with van der Waals surface area (Å²) in [5.74, 6) is 0. The van der Waals surface area contributed by atoms with Gasteiger partial charge in [0.2, 0.25) is 0 Å². The molecule has 1 aliphatic rings. The summed E-state index contributed by atoms with van der Waals surface area (Å²) in [4.78, 5) is 0. The molecule has 0 amide bonds. The van der Waals surface area contributed by atoms with Gasteiger partial charge in [-0.2, -0.15) is 0 Å². The highest BCUT2D eigenvalue weighted by atomic mass is 16.5. The lowest BCUT2D eigenvalue weighted by Crippen LogP contribution is -2.15. The summed E-state index contributed by atoms with van der Waals surface area (Å²) >= 11 is 0. The van der Waals surface area contributed by atoms with Crippen LogP contribution in [0.5, 0.6) is 0 Å². The van der Waals surface area contributed by atoms with Gasteiger partial charge in [-0.3, -0.25) is 0 Å². The van der Waals surface area contributed by atoms with Crippen LogP contribution in [0.1, 0.15) is 12.8 Å². The van der Waals surface area contributed by atoms with Crippen LogP contribution in [0, 0.1) is 0 Å². The number of ether oxygens (including phenoxy) is 1. The van der Waals surface area contributed by atoms with E-state index in [1.807, 2.05) is 12.2 Å². The molecule has 0 aromatic carbocycles. The SMILES string of the molecule is OC1C/C=C\CCOC1. The average Bonchev–Trinajstić information content (AvgIpc) is 1.79. The molecule has 0 aromatic heterocycles. The summed E-state index contributed by atoms with van der Waals surface area (Å²) in [6, 6.07) is 0. The molecule has 1 unspecified atom stereocenters. The first-order valence-electron chi connectivity index (χ1n) is 3.30. The standard InChI is InChI=1S/C7H12O2/c8-7-4-2-1-3-5-9-6-7/h1-2,7-8H,3-6H2/b2-1-. The van der Waals surface area contributed by atoms with E-state index < -0.39 is 0 Å². The molecule has 1 aliphatic heterocycles. The van der Waals surface area contributed by atoms with E-state index in [0.29, 0.717) is 6.61 Å². The van der Waals surface area contributed by atoms with Crippen molar-refractivity contribution in [1.29, 1.82) is 0 Å². The lowest BCUT2D eigenvalue weighted by Gasteiger charge is -2.10. The Morgan fingerprint density at radius 3 is 3.22 bits per heavy atom. The van der Waals surface area contributed by atoms with Crippen LogP contribution < -0.4 is 0 Å². The summed E-state index contributed by atoms with van der Waals surface area (Å²) in [7, 11) is 0. The number of aliphatic hydroxyl groups is 1. The zero-order valence-corrected chi connectivity index (χ0v) is 5.42. The van der Waals surface area contributed by atoms with Crippen molar-refractivity contribution in [3.63, 3.8) is 0 Å². The van der Waals surface area contributed by atoms with Crippen LogP contribution in [-0.4, -0.2) is 24.4 Å². The second-order valence-electron chi connectivity index (χ2n) is 2.22. The van der Waals surface area contributed by atoms with Gasteiger partial charge in [0.1, 0.15) is 0 Å².